The van der Waals surface area contributed by atoms with Crippen molar-refractivity contribution in [2.75, 3.05) is 26.9 Å². The average molecular weight is 567 g/mol. The summed E-state index contributed by atoms with van der Waals surface area (Å²) in [5, 5.41) is 3.11. The number of methoxy groups -OCH3 is 1. The van der Waals surface area contributed by atoms with E-state index in [1.165, 1.54) is 23.8 Å². The van der Waals surface area contributed by atoms with Crippen LogP contribution in [0.15, 0.2) is 50.7 Å². The Balaban J connectivity index is 1.55. The van der Waals surface area contributed by atoms with Gasteiger partial charge in [-0.25, -0.2) is 14.3 Å². The molecule has 1 amide bonds. The SMILES string of the molecule is COc1ccccc1C(Cn1c(=O)n(C2CCNC2=O)c(=O)c2c(C)c(-c3ncco3)sc21)OC1CCOCC1. The van der Waals surface area contributed by atoms with E-state index in [-0.39, 0.29) is 18.6 Å². The van der Waals surface area contributed by atoms with Crippen LogP contribution in [-0.4, -0.2) is 53.0 Å². The summed E-state index contributed by atoms with van der Waals surface area (Å²) in [6.45, 7) is 3.50. The van der Waals surface area contributed by atoms with Crippen molar-refractivity contribution in [2.45, 2.75) is 51.0 Å². The van der Waals surface area contributed by atoms with Gasteiger partial charge in [-0.2, -0.15) is 0 Å². The highest BCUT2D eigenvalue weighted by Crippen LogP contribution is 2.37. The molecule has 0 spiro atoms. The first-order valence-corrected chi connectivity index (χ1v) is 14.1. The molecule has 0 bridgehead atoms. The Kier molecular flexibility index (Phi) is 7.30. The normalized spacial score (nSPS) is 18.8. The lowest BCUT2D eigenvalue weighted by atomic mass is 10.1. The molecule has 1 N–H and O–H groups in total. The van der Waals surface area contributed by atoms with Crippen molar-refractivity contribution in [1.29, 1.82) is 0 Å². The van der Waals surface area contributed by atoms with Crippen LogP contribution in [0.25, 0.3) is 21.0 Å². The third kappa shape index (κ3) is 4.65. The maximum Gasteiger partial charge on any atom is 0.332 e. The first-order valence-electron chi connectivity index (χ1n) is 13.3. The van der Waals surface area contributed by atoms with Gasteiger partial charge in [0, 0.05) is 25.3 Å². The number of ether oxygens (including phenoxy) is 3. The minimum Gasteiger partial charge on any atom is -0.496 e. The van der Waals surface area contributed by atoms with Gasteiger partial charge in [0.15, 0.2) is 0 Å². The smallest absolute Gasteiger partial charge is 0.332 e. The highest BCUT2D eigenvalue weighted by atomic mass is 32.1. The van der Waals surface area contributed by atoms with Crippen LogP contribution in [0.4, 0.5) is 0 Å². The van der Waals surface area contributed by atoms with Crippen LogP contribution in [0.2, 0.25) is 0 Å². The molecule has 40 heavy (non-hydrogen) atoms. The quantitative estimate of drug-likeness (QED) is 0.345. The molecule has 6 rings (SSSR count). The predicted octanol–water partition coefficient (Wildman–Crippen LogP) is 3.19. The number of hydrogen-bond donors (Lipinski definition) is 1. The van der Waals surface area contributed by atoms with Crippen LogP contribution < -0.4 is 21.3 Å². The summed E-state index contributed by atoms with van der Waals surface area (Å²) >= 11 is 1.27. The number of hydrogen-bond acceptors (Lipinski definition) is 9. The summed E-state index contributed by atoms with van der Waals surface area (Å²) in [5.74, 6) is 0.655. The van der Waals surface area contributed by atoms with E-state index in [0.717, 1.165) is 23.0 Å². The number of benzene rings is 1. The number of thiophene rings is 1. The highest BCUT2D eigenvalue weighted by molar-refractivity contribution is 7.22. The number of aromatic nitrogens is 3. The van der Waals surface area contributed by atoms with Crippen molar-refractivity contribution in [1.82, 2.24) is 19.4 Å². The number of carbonyl (C=O) groups is 1. The molecule has 2 atom stereocenters. The van der Waals surface area contributed by atoms with E-state index in [1.54, 1.807) is 11.7 Å². The Morgan fingerprint density at radius 2 is 1.98 bits per heavy atom. The van der Waals surface area contributed by atoms with Gasteiger partial charge in [0.25, 0.3) is 5.56 Å². The predicted molar refractivity (Wildman–Crippen MR) is 148 cm³/mol. The number of para-hydroxylation sites is 1. The minimum atomic E-state index is -0.888. The van der Waals surface area contributed by atoms with Gasteiger partial charge in [-0.05, 0) is 37.8 Å². The number of rotatable bonds is 8. The summed E-state index contributed by atoms with van der Waals surface area (Å²) in [6, 6.07) is 6.66. The molecule has 2 saturated heterocycles. The molecule has 2 fully saturated rings. The van der Waals surface area contributed by atoms with Crippen molar-refractivity contribution in [3.63, 3.8) is 0 Å². The molecule has 0 aliphatic carbocycles. The fraction of sp³-hybridized carbons (Fsp3) is 0.429. The largest absolute Gasteiger partial charge is 0.496 e. The molecule has 5 heterocycles. The van der Waals surface area contributed by atoms with E-state index in [4.69, 9.17) is 18.6 Å². The zero-order valence-electron chi connectivity index (χ0n) is 22.3. The molecule has 2 unspecified atom stereocenters. The van der Waals surface area contributed by atoms with E-state index in [0.29, 0.717) is 58.5 Å². The number of fused-ring (bicyclic) bond motifs is 1. The van der Waals surface area contributed by atoms with Crippen LogP contribution >= 0.6 is 11.3 Å². The summed E-state index contributed by atoms with van der Waals surface area (Å²) in [5.41, 5.74) is 0.376. The monoisotopic (exact) mass is 566 g/mol. The van der Waals surface area contributed by atoms with Gasteiger partial charge in [-0.1, -0.05) is 18.2 Å². The summed E-state index contributed by atoms with van der Waals surface area (Å²) < 4.78 is 26.0. The van der Waals surface area contributed by atoms with Gasteiger partial charge in [0.1, 0.15) is 29.0 Å². The molecule has 0 radical (unpaired) electrons. The van der Waals surface area contributed by atoms with Crippen molar-refractivity contribution in [3.05, 3.63) is 68.7 Å². The number of nitrogens with one attached hydrogen (secondary N) is 1. The van der Waals surface area contributed by atoms with Gasteiger partial charge in [-0.15, -0.1) is 11.3 Å². The van der Waals surface area contributed by atoms with Gasteiger partial charge >= 0.3 is 5.69 Å². The topological polar surface area (TPSA) is 127 Å². The second kappa shape index (κ2) is 11.0. The number of nitrogens with zero attached hydrogens (tertiary/aromatic N) is 3. The Hall–Kier alpha value is -3.74. The van der Waals surface area contributed by atoms with Gasteiger partial charge in [0.05, 0.1) is 36.2 Å². The fourth-order valence-corrected chi connectivity index (χ4v) is 6.77. The molecule has 11 nitrogen and oxygen atoms in total. The Labute approximate surface area is 233 Å². The fourth-order valence-electron chi connectivity index (χ4n) is 5.52. The zero-order chi connectivity index (χ0) is 27.8. The van der Waals surface area contributed by atoms with E-state index in [9.17, 15) is 14.4 Å². The maximum absolute atomic E-state index is 14.2. The molecule has 4 aromatic rings. The first-order chi connectivity index (χ1) is 19.5. The molecule has 1 aromatic carbocycles. The van der Waals surface area contributed by atoms with E-state index in [1.807, 2.05) is 31.2 Å². The van der Waals surface area contributed by atoms with Crippen molar-refractivity contribution in [2.24, 2.45) is 0 Å². The van der Waals surface area contributed by atoms with Crippen LogP contribution in [-0.2, 0) is 20.8 Å². The van der Waals surface area contributed by atoms with Crippen molar-refractivity contribution in [3.8, 4) is 16.5 Å². The maximum atomic E-state index is 14.2. The van der Waals surface area contributed by atoms with Gasteiger partial charge in [-0.3, -0.25) is 14.2 Å². The Morgan fingerprint density at radius 1 is 1.18 bits per heavy atom. The second-order valence-corrected chi connectivity index (χ2v) is 10.9. The van der Waals surface area contributed by atoms with E-state index < -0.39 is 23.4 Å². The summed E-state index contributed by atoms with van der Waals surface area (Å²) in [7, 11) is 1.60. The molecule has 12 heteroatoms. The molecule has 210 valence electrons. The molecular formula is C28H30N4O7S. The first kappa shape index (κ1) is 26.5. The zero-order valence-corrected chi connectivity index (χ0v) is 23.1. The number of oxazole rings is 1. The van der Waals surface area contributed by atoms with Crippen molar-refractivity contribution >= 4 is 27.5 Å². The van der Waals surface area contributed by atoms with Crippen LogP contribution in [0.5, 0.6) is 5.75 Å². The van der Waals surface area contributed by atoms with E-state index >= 15 is 0 Å². The summed E-state index contributed by atoms with van der Waals surface area (Å²) in [6.07, 6.45) is 4.16. The molecular weight excluding hydrogens is 536 g/mol. The second-order valence-electron chi connectivity index (χ2n) is 9.92. The minimum absolute atomic E-state index is 0.0747. The highest BCUT2D eigenvalue weighted by Gasteiger charge is 2.33. The standard InChI is InChI=1S/C28H30N4O7S/c1-16-22-26(34)32(19-7-10-29-24(19)33)28(35)31(27(22)40-23(16)25-30-11-14-38-25)15-21(39-17-8-12-37-13-9-17)18-5-3-4-6-20(18)36-2/h3-6,11,14,17,19,21H,7-10,12-13,15H2,1-2H3,(H,29,33). The Morgan fingerprint density at radius 3 is 2.67 bits per heavy atom. The van der Waals surface area contributed by atoms with E-state index in [2.05, 4.69) is 10.3 Å². The Bertz CT molecular complexity index is 1650. The van der Waals surface area contributed by atoms with Gasteiger partial charge < -0.3 is 23.9 Å². The molecule has 2 aliphatic heterocycles. The van der Waals surface area contributed by atoms with Gasteiger partial charge in [0.2, 0.25) is 11.8 Å². The number of carbonyl (C=O) groups excluding carboxylic acids is 1. The molecule has 0 saturated carbocycles. The van der Waals surface area contributed by atoms with Crippen LogP contribution in [0.3, 0.4) is 0 Å². The lowest BCUT2D eigenvalue weighted by molar-refractivity contribution is -0.122. The molecule has 2 aliphatic rings. The molecule has 3 aromatic heterocycles. The van der Waals surface area contributed by atoms with Crippen LogP contribution in [0, 0.1) is 6.92 Å². The van der Waals surface area contributed by atoms with Crippen LogP contribution in [0.1, 0.15) is 42.5 Å². The third-order valence-electron chi connectivity index (χ3n) is 7.56. The summed E-state index contributed by atoms with van der Waals surface area (Å²) in [4.78, 5) is 46.1. The number of amides is 1. The third-order valence-corrected chi connectivity index (χ3v) is 8.86. The lowest BCUT2D eigenvalue weighted by Crippen LogP contribution is -2.44. The number of aryl methyl sites for hydroxylation is 1. The lowest BCUT2D eigenvalue weighted by Gasteiger charge is -2.29. The average Bonchev–Trinajstić information content (AvgIpc) is 3.72. The van der Waals surface area contributed by atoms with Crippen molar-refractivity contribution < 1.29 is 23.4 Å².